The van der Waals surface area contributed by atoms with Crippen LogP contribution in [0.25, 0.3) is 0 Å². The number of ether oxygens (including phenoxy) is 1. The zero-order valence-corrected chi connectivity index (χ0v) is 13.9. The molecule has 1 saturated carbocycles. The molecular weight excluding hydrogens is 276 g/mol. The molecule has 2 rings (SSSR count). The van der Waals surface area contributed by atoms with Crippen molar-refractivity contribution >= 4 is 11.6 Å². The predicted octanol–water partition coefficient (Wildman–Crippen LogP) is 2.91. The molecule has 2 atom stereocenters. The van der Waals surface area contributed by atoms with Gasteiger partial charge in [-0.3, -0.25) is 4.79 Å². The van der Waals surface area contributed by atoms with Crippen molar-refractivity contribution in [3.63, 3.8) is 0 Å². The molecule has 1 aromatic rings. The maximum absolute atomic E-state index is 12.3. The van der Waals surface area contributed by atoms with Gasteiger partial charge in [-0.15, -0.1) is 0 Å². The van der Waals surface area contributed by atoms with Crippen LogP contribution in [0.15, 0.2) is 24.3 Å². The number of nitrogens with two attached hydrogens (primary N) is 1. The van der Waals surface area contributed by atoms with Crippen LogP contribution in [0.2, 0.25) is 0 Å². The lowest BCUT2D eigenvalue weighted by atomic mass is 9.58. The van der Waals surface area contributed by atoms with E-state index in [0.29, 0.717) is 12.8 Å². The molecule has 0 heterocycles. The van der Waals surface area contributed by atoms with Gasteiger partial charge in [0.2, 0.25) is 5.91 Å². The van der Waals surface area contributed by atoms with Crippen LogP contribution in [0.4, 0.5) is 5.69 Å². The SMILES string of the molecule is CCC1(CC)C(NC(=O)CCc2ccccc2N)CC1OC. The number of rotatable bonds is 7. The Kier molecular flexibility index (Phi) is 5.46. The second kappa shape index (κ2) is 7.14. The summed E-state index contributed by atoms with van der Waals surface area (Å²) in [6, 6.07) is 7.96. The third-order valence-corrected chi connectivity index (χ3v) is 5.40. The Morgan fingerprint density at radius 2 is 2.05 bits per heavy atom. The lowest BCUT2D eigenvalue weighted by Gasteiger charge is -2.55. The maximum atomic E-state index is 12.3. The van der Waals surface area contributed by atoms with Crippen molar-refractivity contribution in [2.75, 3.05) is 12.8 Å². The smallest absolute Gasteiger partial charge is 0.220 e. The highest BCUT2D eigenvalue weighted by Gasteiger charge is 2.53. The van der Waals surface area contributed by atoms with Gasteiger partial charge >= 0.3 is 0 Å². The van der Waals surface area contributed by atoms with E-state index in [1.807, 2.05) is 24.3 Å². The van der Waals surface area contributed by atoms with Crippen LogP contribution in [0.1, 0.15) is 45.1 Å². The zero-order valence-electron chi connectivity index (χ0n) is 13.9. The lowest BCUT2D eigenvalue weighted by Crippen LogP contribution is -2.64. The van der Waals surface area contributed by atoms with Gasteiger partial charge in [-0.2, -0.15) is 0 Å². The van der Waals surface area contributed by atoms with Gasteiger partial charge in [-0.05, 0) is 37.3 Å². The van der Waals surface area contributed by atoms with Gasteiger partial charge in [0.25, 0.3) is 0 Å². The highest BCUT2D eigenvalue weighted by molar-refractivity contribution is 5.77. The Morgan fingerprint density at radius 3 is 2.64 bits per heavy atom. The summed E-state index contributed by atoms with van der Waals surface area (Å²) in [5.74, 6) is 0.106. The van der Waals surface area contributed by atoms with Gasteiger partial charge in [-0.25, -0.2) is 0 Å². The minimum absolute atomic E-state index is 0.0934. The van der Waals surface area contributed by atoms with E-state index in [1.54, 1.807) is 7.11 Å². The molecule has 1 amide bonds. The highest BCUT2D eigenvalue weighted by Crippen LogP contribution is 2.48. The monoisotopic (exact) mass is 304 g/mol. The highest BCUT2D eigenvalue weighted by atomic mass is 16.5. The molecule has 0 aliphatic heterocycles. The fourth-order valence-electron chi connectivity index (χ4n) is 3.76. The van der Waals surface area contributed by atoms with E-state index >= 15 is 0 Å². The van der Waals surface area contributed by atoms with E-state index < -0.39 is 0 Å². The van der Waals surface area contributed by atoms with E-state index in [4.69, 9.17) is 10.5 Å². The largest absolute Gasteiger partial charge is 0.399 e. The molecule has 122 valence electrons. The topological polar surface area (TPSA) is 64.4 Å². The number of nitrogens with one attached hydrogen (secondary N) is 1. The number of hydrogen-bond donors (Lipinski definition) is 2. The Balaban J connectivity index is 1.89. The lowest BCUT2D eigenvalue weighted by molar-refractivity contribution is -0.141. The van der Waals surface area contributed by atoms with Gasteiger partial charge in [0, 0.05) is 30.7 Å². The molecule has 4 heteroatoms. The predicted molar refractivity (Wildman–Crippen MR) is 89.5 cm³/mol. The molecular formula is C18H28N2O2. The quantitative estimate of drug-likeness (QED) is 0.761. The molecule has 4 nitrogen and oxygen atoms in total. The van der Waals surface area contributed by atoms with Crippen LogP contribution < -0.4 is 11.1 Å². The van der Waals surface area contributed by atoms with Crippen molar-refractivity contribution in [2.45, 2.75) is 58.1 Å². The number of carbonyl (C=O) groups is 1. The number of amides is 1. The fraction of sp³-hybridized carbons (Fsp3) is 0.611. The summed E-state index contributed by atoms with van der Waals surface area (Å²) in [5, 5.41) is 3.20. The van der Waals surface area contributed by atoms with Gasteiger partial charge in [0.15, 0.2) is 0 Å². The normalized spacial score (nSPS) is 22.9. The number of hydrogen-bond acceptors (Lipinski definition) is 3. The molecule has 0 bridgehead atoms. The number of aryl methyl sites for hydroxylation is 1. The van der Waals surface area contributed by atoms with Gasteiger partial charge in [0.1, 0.15) is 0 Å². The van der Waals surface area contributed by atoms with Crippen molar-refractivity contribution in [2.24, 2.45) is 5.41 Å². The molecule has 1 fully saturated rings. The standard InChI is InChI=1S/C18H28N2O2/c1-4-18(5-2)15(12-16(18)22-3)20-17(21)11-10-13-8-6-7-9-14(13)19/h6-9,15-16H,4-5,10-12,19H2,1-3H3,(H,20,21). The van der Waals surface area contributed by atoms with Crippen molar-refractivity contribution < 1.29 is 9.53 Å². The summed E-state index contributed by atoms with van der Waals surface area (Å²) < 4.78 is 5.57. The van der Waals surface area contributed by atoms with Gasteiger partial charge in [0.05, 0.1) is 6.10 Å². The summed E-state index contributed by atoms with van der Waals surface area (Å²) in [5.41, 5.74) is 7.81. The van der Waals surface area contributed by atoms with Crippen LogP contribution in [0, 0.1) is 5.41 Å². The number of para-hydroxylation sites is 1. The molecule has 0 radical (unpaired) electrons. The maximum Gasteiger partial charge on any atom is 0.220 e. The Morgan fingerprint density at radius 1 is 1.36 bits per heavy atom. The third-order valence-electron chi connectivity index (χ3n) is 5.40. The first kappa shape index (κ1) is 16.8. The number of carbonyl (C=O) groups excluding carboxylic acids is 1. The molecule has 3 N–H and O–H groups in total. The summed E-state index contributed by atoms with van der Waals surface area (Å²) in [7, 11) is 1.76. The molecule has 1 aliphatic carbocycles. The minimum Gasteiger partial charge on any atom is -0.399 e. The van der Waals surface area contributed by atoms with Crippen LogP contribution in [0.5, 0.6) is 0 Å². The first-order valence-electron chi connectivity index (χ1n) is 8.23. The van der Waals surface area contributed by atoms with Crippen molar-refractivity contribution in [3.8, 4) is 0 Å². The van der Waals surface area contributed by atoms with Crippen LogP contribution in [0.3, 0.4) is 0 Å². The van der Waals surface area contributed by atoms with Crippen LogP contribution in [-0.2, 0) is 16.0 Å². The Labute approximate surface area is 133 Å². The first-order valence-corrected chi connectivity index (χ1v) is 8.23. The molecule has 0 saturated heterocycles. The molecule has 22 heavy (non-hydrogen) atoms. The summed E-state index contributed by atoms with van der Waals surface area (Å²) in [4.78, 5) is 12.3. The molecule has 0 aromatic heterocycles. The van der Waals surface area contributed by atoms with E-state index in [9.17, 15) is 4.79 Å². The Hall–Kier alpha value is -1.55. The van der Waals surface area contributed by atoms with E-state index in [2.05, 4.69) is 19.2 Å². The van der Waals surface area contributed by atoms with E-state index in [-0.39, 0.29) is 23.5 Å². The fourth-order valence-corrected chi connectivity index (χ4v) is 3.76. The average Bonchev–Trinajstić information content (AvgIpc) is 2.51. The zero-order chi connectivity index (χ0) is 16.2. The average molecular weight is 304 g/mol. The molecule has 0 spiro atoms. The number of methoxy groups -OCH3 is 1. The van der Waals surface area contributed by atoms with Crippen molar-refractivity contribution in [3.05, 3.63) is 29.8 Å². The second-order valence-electron chi connectivity index (χ2n) is 6.22. The second-order valence-corrected chi connectivity index (χ2v) is 6.22. The van der Waals surface area contributed by atoms with Crippen molar-refractivity contribution in [1.82, 2.24) is 5.32 Å². The summed E-state index contributed by atoms with van der Waals surface area (Å²) in [6.45, 7) is 4.36. The molecule has 2 unspecified atom stereocenters. The van der Waals surface area contributed by atoms with Crippen molar-refractivity contribution in [1.29, 1.82) is 0 Å². The van der Waals surface area contributed by atoms with Gasteiger partial charge in [-0.1, -0.05) is 32.0 Å². The summed E-state index contributed by atoms with van der Waals surface area (Å²) >= 11 is 0. The van der Waals surface area contributed by atoms with Crippen LogP contribution >= 0.6 is 0 Å². The first-order chi connectivity index (χ1) is 10.6. The van der Waals surface area contributed by atoms with E-state index in [1.165, 1.54) is 0 Å². The number of nitrogen functional groups attached to an aromatic ring is 1. The minimum atomic E-state index is 0.0934. The Bertz CT molecular complexity index is 512. The van der Waals surface area contributed by atoms with Crippen LogP contribution in [-0.4, -0.2) is 25.2 Å². The summed E-state index contributed by atoms with van der Waals surface area (Å²) in [6.07, 6.45) is 4.39. The van der Waals surface area contributed by atoms with Gasteiger partial charge < -0.3 is 15.8 Å². The third kappa shape index (κ3) is 3.12. The molecule has 1 aromatic carbocycles. The number of benzene rings is 1. The molecule has 1 aliphatic rings. The number of anilines is 1. The van der Waals surface area contributed by atoms with E-state index in [0.717, 1.165) is 30.5 Å².